The van der Waals surface area contributed by atoms with Gasteiger partial charge in [0.25, 0.3) is 0 Å². The fourth-order valence-corrected chi connectivity index (χ4v) is 1.66. The van der Waals surface area contributed by atoms with E-state index in [1.165, 1.54) is 0 Å². The molecular formula is C15H27NO5. The normalized spacial score (nSPS) is 19.6. The molecule has 0 saturated carbocycles. The average Bonchev–Trinajstić information content (AvgIpc) is 3.02. The lowest BCUT2D eigenvalue weighted by Gasteiger charge is -2.26. The summed E-state index contributed by atoms with van der Waals surface area (Å²) < 4.78 is 15.6. The van der Waals surface area contributed by atoms with Crippen LogP contribution in [0.2, 0.25) is 0 Å². The minimum atomic E-state index is -0.719. The van der Waals surface area contributed by atoms with Crippen LogP contribution in [0.15, 0.2) is 0 Å². The number of epoxide rings is 1. The Bertz CT molecular complexity index is 377. The van der Waals surface area contributed by atoms with Crippen molar-refractivity contribution in [1.29, 1.82) is 0 Å². The average molecular weight is 301 g/mol. The van der Waals surface area contributed by atoms with Crippen LogP contribution in [0, 0.1) is 0 Å². The number of hydrogen-bond donors (Lipinski definition) is 1. The molecule has 1 aliphatic rings. The summed E-state index contributed by atoms with van der Waals surface area (Å²) >= 11 is 0. The summed E-state index contributed by atoms with van der Waals surface area (Å²) in [6.45, 7) is 11.4. The van der Waals surface area contributed by atoms with Gasteiger partial charge in [0.2, 0.25) is 0 Å². The third kappa shape index (κ3) is 8.55. The van der Waals surface area contributed by atoms with Gasteiger partial charge in [0, 0.05) is 0 Å². The first-order valence-electron chi connectivity index (χ1n) is 7.30. The van der Waals surface area contributed by atoms with Crippen molar-refractivity contribution in [2.75, 3.05) is 6.61 Å². The van der Waals surface area contributed by atoms with Gasteiger partial charge in [0.05, 0.1) is 12.7 Å². The molecular weight excluding hydrogens is 274 g/mol. The lowest BCUT2D eigenvalue weighted by Crippen LogP contribution is -2.46. The second-order valence-electron chi connectivity index (χ2n) is 7.26. The Morgan fingerprint density at radius 2 is 1.67 bits per heavy atom. The van der Waals surface area contributed by atoms with Crippen molar-refractivity contribution in [3.63, 3.8) is 0 Å². The van der Waals surface area contributed by atoms with Gasteiger partial charge in [0.15, 0.2) is 0 Å². The third-order valence-corrected chi connectivity index (χ3v) is 2.56. The van der Waals surface area contributed by atoms with E-state index in [1.54, 1.807) is 41.5 Å². The summed E-state index contributed by atoms with van der Waals surface area (Å²) in [5.74, 6) is -0.450. The van der Waals surface area contributed by atoms with E-state index in [4.69, 9.17) is 14.2 Å². The largest absolute Gasteiger partial charge is 0.458 e. The lowest BCUT2D eigenvalue weighted by atomic mass is 10.1. The number of alkyl carbamates (subject to hydrolysis) is 1. The van der Waals surface area contributed by atoms with E-state index in [1.807, 2.05) is 0 Å². The molecule has 122 valence electrons. The number of hydrogen-bond acceptors (Lipinski definition) is 5. The molecule has 1 N–H and O–H groups in total. The maximum absolute atomic E-state index is 12.2. The molecule has 1 saturated heterocycles. The minimum Gasteiger partial charge on any atom is -0.458 e. The van der Waals surface area contributed by atoms with Crippen LogP contribution in [0.4, 0.5) is 4.79 Å². The van der Waals surface area contributed by atoms with Crippen molar-refractivity contribution < 1.29 is 23.8 Å². The Kier molecular flexibility index (Phi) is 5.61. The topological polar surface area (TPSA) is 77.2 Å². The van der Waals surface area contributed by atoms with Crippen LogP contribution in [-0.4, -0.2) is 42.0 Å². The summed E-state index contributed by atoms with van der Waals surface area (Å²) in [5.41, 5.74) is -1.21. The second kappa shape index (κ2) is 6.64. The van der Waals surface area contributed by atoms with E-state index >= 15 is 0 Å². The molecule has 0 spiro atoms. The van der Waals surface area contributed by atoms with Gasteiger partial charge in [-0.15, -0.1) is 0 Å². The van der Waals surface area contributed by atoms with Crippen LogP contribution in [0.3, 0.4) is 0 Å². The molecule has 0 unspecified atom stereocenters. The molecule has 0 aliphatic carbocycles. The zero-order valence-corrected chi connectivity index (χ0v) is 13.8. The zero-order chi connectivity index (χ0) is 16.3. The Morgan fingerprint density at radius 1 is 1.14 bits per heavy atom. The first-order valence-corrected chi connectivity index (χ1v) is 7.30. The maximum atomic E-state index is 12.2. The SMILES string of the molecule is CC(C)(C)OC(=O)N[C@@H](CC[C@H]1CO1)C(=O)OC(C)(C)C. The van der Waals surface area contributed by atoms with Crippen molar-refractivity contribution in [1.82, 2.24) is 5.32 Å². The van der Waals surface area contributed by atoms with Crippen LogP contribution >= 0.6 is 0 Å². The Balaban J connectivity index is 2.57. The van der Waals surface area contributed by atoms with Crippen LogP contribution in [0.25, 0.3) is 0 Å². The zero-order valence-electron chi connectivity index (χ0n) is 13.8. The molecule has 1 heterocycles. The Hall–Kier alpha value is -1.30. The molecule has 2 atom stereocenters. The standard InChI is InChI=1S/C15H27NO5/c1-14(2,3)20-12(17)11(8-7-10-9-19-10)16-13(18)21-15(4,5)6/h10-11H,7-9H2,1-6H3,(H,16,18)/t10-,11-/m0/s1. The number of ether oxygens (including phenoxy) is 3. The van der Waals surface area contributed by atoms with Crippen molar-refractivity contribution in [2.45, 2.75) is 77.7 Å². The Labute approximate surface area is 126 Å². The molecule has 1 rings (SSSR count). The van der Waals surface area contributed by atoms with Gasteiger partial charge in [-0.25, -0.2) is 9.59 Å². The molecule has 21 heavy (non-hydrogen) atoms. The highest BCUT2D eigenvalue weighted by Crippen LogP contribution is 2.19. The van der Waals surface area contributed by atoms with E-state index in [-0.39, 0.29) is 6.10 Å². The molecule has 0 aromatic carbocycles. The number of amides is 1. The first-order chi connectivity index (χ1) is 9.46. The molecule has 0 bridgehead atoms. The van der Waals surface area contributed by atoms with E-state index in [2.05, 4.69) is 5.32 Å². The smallest absolute Gasteiger partial charge is 0.408 e. The van der Waals surface area contributed by atoms with Crippen molar-refractivity contribution in [2.24, 2.45) is 0 Å². The molecule has 1 aliphatic heterocycles. The van der Waals surface area contributed by atoms with Gasteiger partial charge in [-0.05, 0) is 54.4 Å². The number of esters is 1. The molecule has 1 fully saturated rings. The number of nitrogens with one attached hydrogen (secondary N) is 1. The van der Waals surface area contributed by atoms with Crippen molar-refractivity contribution in [3.8, 4) is 0 Å². The third-order valence-electron chi connectivity index (χ3n) is 2.56. The predicted octanol–water partition coefficient (Wildman–Crippen LogP) is 2.40. The predicted molar refractivity (Wildman–Crippen MR) is 78.0 cm³/mol. The van der Waals surface area contributed by atoms with Gasteiger partial charge in [0.1, 0.15) is 17.2 Å². The van der Waals surface area contributed by atoms with Crippen LogP contribution in [0.5, 0.6) is 0 Å². The van der Waals surface area contributed by atoms with Gasteiger partial charge < -0.3 is 19.5 Å². The quantitative estimate of drug-likeness (QED) is 0.623. The van der Waals surface area contributed by atoms with Crippen molar-refractivity contribution >= 4 is 12.1 Å². The van der Waals surface area contributed by atoms with E-state index in [0.29, 0.717) is 19.4 Å². The fourth-order valence-electron chi connectivity index (χ4n) is 1.66. The second-order valence-corrected chi connectivity index (χ2v) is 7.26. The highest BCUT2D eigenvalue weighted by atomic mass is 16.6. The van der Waals surface area contributed by atoms with E-state index in [0.717, 1.165) is 0 Å². The van der Waals surface area contributed by atoms with Crippen LogP contribution in [-0.2, 0) is 19.0 Å². The van der Waals surface area contributed by atoms with Crippen LogP contribution in [0.1, 0.15) is 54.4 Å². The van der Waals surface area contributed by atoms with E-state index < -0.39 is 29.3 Å². The van der Waals surface area contributed by atoms with Crippen LogP contribution < -0.4 is 5.32 Å². The highest BCUT2D eigenvalue weighted by molar-refractivity contribution is 5.81. The maximum Gasteiger partial charge on any atom is 0.408 e. The number of carbonyl (C=O) groups excluding carboxylic acids is 2. The molecule has 0 radical (unpaired) electrons. The molecule has 6 heteroatoms. The minimum absolute atomic E-state index is 0.190. The first kappa shape index (κ1) is 17.8. The molecule has 1 amide bonds. The highest BCUT2D eigenvalue weighted by Gasteiger charge is 2.31. The summed E-state index contributed by atoms with van der Waals surface area (Å²) in [4.78, 5) is 24.0. The monoisotopic (exact) mass is 301 g/mol. The molecule has 0 aromatic heterocycles. The van der Waals surface area contributed by atoms with Gasteiger partial charge in [-0.3, -0.25) is 0 Å². The van der Waals surface area contributed by atoms with E-state index in [9.17, 15) is 9.59 Å². The summed E-state index contributed by atoms with van der Waals surface area (Å²) in [5, 5.41) is 2.59. The van der Waals surface area contributed by atoms with Gasteiger partial charge >= 0.3 is 12.1 Å². The molecule has 6 nitrogen and oxygen atoms in total. The van der Waals surface area contributed by atoms with Gasteiger partial charge in [-0.2, -0.15) is 0 Å². The fraction of sp³-hybridized carbons (Fsp3) is 0.867. The Morgan fingerprint density at radius 3 is 2.10 bits per heavy atom. The summed E-state index contributed by atoms with van der Waals surface area (Å²) in [7, 11) is 0. The molecule has 0 aromatic rings. The van der Waals surface area contributed by atoms with Crippen molar-refractivity contribution in [3.05, 3.63) is 0 Å². The summed E-state index contributed by atoms with van der Waals surface area (Å²) in [6, 6.07) is -0.719. The van der Waals surface area contributed by atoms with Gasteiger partial charge in [-0.1, -0.05) is 0 Å². The lowest BCUT2D eigenvalue weighted by molar-refractivity contribution is -0.157. The number of carbonyl (C=O) groups is 2. The summed E-state index contributed by atoms with van der Waals surface area (Å²) in [6.07, 6.45) is 0.754. The number of rotatable bonds is 5.